The molecule has 2 rings (SSSR count). The maximum Gasteiger partial charge on any atom is 0.320 e. The molecule has 0 bridgehead atoms. The quantitative estimate of drug-likeness (QED) is 0.129. The average Bonchev–Trinajstić information content (AvgIpc) is 3.03. The molecule has 0 aromatic carbocycles. The first-order valence-corrected chi connectivity index (χ1v) is 17.2. The Hall–Kier alpha value is -1.38. The molecule has 0 amide bonds. The third kappa shape index (κ3) is 21.9. The Morgan fingerprint density at radius 3 is 1.29 bits per heavy atom. The second-order valence-electron chi connectivity index (χ2n) is 11.4. The highest BCUT2D eigenvalue weighted by atomic mass is 16.6. The van der Waals surface area contributed by atoms with Crippen LogP contribution < -0.4 is 0 Å². The molecule has 2 saturated heterocycles. The lowest BCUT2D eigenvalue weighted by Gasteiger charge is -2.22. The van der Waals surface area contributed by atoms with Crippen LogP contribution in [-0.2, 0) is 57.0 Å². The van der Waals surface area contributed by atoms with Crippen molar-refractivity contribution in [3.05, 3.63) is 0 Å². The van der Waals surface area contributed by atoms with Gasteiger partial charge < -0.3 is 47.4 Å². The van der Waals surface area contributed by atoms with E-state index in [-0.39, 0.29) is 26.4 Å². The van der Waals surface area contributed by atoms with Gasteiger partial charge in [0.25, 0.3) is 0 Å². The summed E-state index contributed by atoms with van der Waals surface area (Å²) in [6.45, 7) is 7.72. The zero-order chi connectivity index (χ0) is 32.0. The number of carbonyl (C=O) groups excluding carboxylic acids is 2. The maximum atomic E-state index is 13.3. The van der Waals surface area contributed by atoms with Crippen LogP contribution in [0.5, 0.6) is 0 Å². The lowest BCUT2D eigenvalue weighted by molar-refractivity contribution is -0.169. The molecule has 0 aromatic heterocycles. The van der Waals surface area contributed by atoms with Gasteiger partial charge in [0, 0.05) is 0 Å². The summed E-state index contributed by atoms with van der Waals surface area (Å²) in [4.78, 5) is 26.5. The Morgan fingerprint density at radius 1 is 0.511 bits per heavy atom. The van der Waals surface area contributed by atoms with E-state index in [0.29, 0.717) is 85.7 Å². The van der Waals surface area contributed by atoms with Crippen molar-refractivity contribution < 1.29 is 57.0 Å². The van der Waals surface area contributed by atoms with E-state index in [1.54, 1.807) is 0 Å². The summed E-state index contributed by atoms with van der Waals surface area (Å²) in [6, 6.07) is 0. The molecule has 2 fully saturated rings. The van der Waals surface area contributed by atoms with Gasteiger partial charge in [0.15, 0.2) is 5.92 Å². The van der Waals surface area contributed by atoms with E-state index in [0.717, 1.165) is 25.7 Å². The molecule has 0 aromatic rings. The molecule has 0 N–H and O–H groups in total. The minimum absolute atomic E-state index is 0.0385. The number of unbranched alkanes of at least 4 members (excludes halogenated alkanes) is 9. The predicted octanol–water partition coefficient (Wildman–Crippen LogP) is 3.90. The Bertz CT molecular complexity index is 639. The molecule has 2 unspecified atom stereocenters. The Balaban J connectivity index is 1.86. The Labute approximate surface area is 270 Å². The second kappa shape index (κ2) is 28.8. The summed E-state index contributed by atoms with van der Waals surface area (Å²) in [6.07, 6.45) is 10.9. The van der Waals surface area contributed by atoms with Crippen molar-refractivity contribution in [2.24, 2.45) is 5.92 Å². The summed E-state index contributed by atoms with van der Waals surface area (Å²) >= 11 is 0. The molecule has 0 aliphatic carbocycles. The van der Waals surface area contributed by atoms with Crippen molar-refractivity contribution in [2.45, 2.75) is 89.8 Å². The zero-order valence-corrected chi connectivity index (χ0v) is 27.7. The van der Waals surface area contributed by atoms with Crippen LogP contribution in [0.4, 0.5) is 0 Å². The lowest BCUT2D eigenvalue weighted by Crippen LogP contribution is -2.35. The first-order chi connectivity index (χ1) is 22.2. The smallest absolute Gasteiger partial charge is 0.320 e. The van der Waals surface area contributed by atoms with Gasteiger partial charge in [0.05, 0.1) is 92.5 Å². The van der Waals surface area contributed by atoms with Gasteiger partial charge in [-0.1, -0.05) is 71.1 Å². The van der Waals surface area contributed by atoms with Crippen LogP contribution in [0.25, 0.3) is 0 Å². The summed E-state index contributed by atoms with van der Waals surface area (Å²) in [7, 11) is 0. The topological polar surface area (TPSA) is 126 Å². The monoisotopic (exact) mass is 648 g/mol. The molecular weight excluding hydrogens is 588 g/mol. The molecule has 0 radical (unpaired) electrons. The van der Waals surface area contributed by atoms with E-state index in [9.17, 15) is 9.59 Å². The van der Waals surface area contributed by atoms with E-state index < -0.39 is 30.1 Å². The van der Waals surface area contributed by atoms with E-state index in [4.69, 9.17) is 47.4 Å². The van der Waals surface area contributed by atoms with Crippen molar-refractivity contribution in [3.63, 3.8) is 0 Å². The van der Waals surface area contributed by atoms with Gasteiger partial charge in [0.1, 0.15) is 25.4 Å². The van der Waals surface area contributed by atoms with E-state index in [1.165, 1.54) is 38.5 Å². The number of hydrogen-bond acceptors (Lipinski definition) is 12. The number of rotatable bonds is 17. The SMILES string of the molecule is CCCCCCCCCCCCC(C(=O)OCC1COCCOCCOCCO1)C(=O)OCC1COCCOCCOCCO1. The van der Waals surface area contributed by atoms with Crippen molar-refractivity contribution in [1.29, 1.82) is 0 Å². The summed E-state index contributed by atoms with van der Waals surface area (Å²) in [5.41, 5.74) is 0. The van der Waals surface area contributed by atoms with Gasteiger partial charge in [-0.25, -0.2) is 0 Å². The van der Waals surface area contributed by atoms with Crippen LogP contribution in [0, 0.1) is 5.92 Å². The van der Waals surface area contributed by atoms with Crippen molar-refractivity contribution in [1.82, 2.24) is 0 Å². The summed E-state index contributed by atoms with van der Waals surface area (Å²) in [5.74, 6) is -2.27. The van der Waals surface area contributed by atoms with Gasteiger partial charge >= 0.3 is 11.9 Å². The van der Waals surface area contributed by atoms with Crippen molar-refractivity contribution >= 4 is 11.9 Å². The average molecular weight is 649 g/mol. The van der Waals surface area contributed by atoms with Crippen LogP contribution >= 0.6 is 0 Å². The van der Waals surface area contributed by atoms with Gasteiger partial charge in [-0.2, -0.15) is 0 Å². The molecule has 12 heteroatoms. The molecule has 2 heterocycles. The third-order valence-electron chi connectivity index (χ3n) is 7.50. The second-order valence-corrected chi connectivity index (χ2v) is 11.4. The highest BCUT2D eigenvalue weighted by Gasteiger charge is 2.31. The minimum atomic E-state index is -1.04. The van der Waals surface area contributed by atoms with Crippen LogP contribution in [0.3, 0.4) is 0 Å². The highest BCUT2D eigenvalue weighted by molar-refractivity contribution is 5.94. The molecule has 2 aliphatic heterocycles. The molecule has 0 spiro atoms. The molecular formula is C33H60O12. The van der Waals surface area contributed by atoms with Crippen LogP contribution in [-0.4, -0.2) is 130 Å². The molecule has 264 valence electrons. The molecule has 45 heavy (non-hydrogen) atoms. The molecule has 2 atom stereocenters. The van der Waals surface area contributed by atoms with Gasteiger partial charge in [-0.15, -0.1) is 0 Å². The van der Waals surface area contributed by atoms with Gasteiger partial charge in [-0.3, -0.25) is 9.59 Å². The standard InChI is InChI=1S/C33H60O12/c1-2-3-4-5-6-7-8-9-10-11-12-31(32(34)44-27-29-25-40-19-17-36-13-15-38-21-23-42-29)33(35)45-28-30-26-41-20-18-37-14-16-39-22-24-43-30/h29-31H,2-28H2,1H3. The normalized spacial score (nSPS) is 22.5. The van der Waals surface area contributed by atoms with Gasteiger partial charge in [0.2, 0.25) is 0 Å². The van der Waals surface area contributed by atoms with E-state index in [2.05, 4.69) is 6.92 Å². The first-order valence-electron chi connectivity index (χ1n) is 17.2. The first kappa shape index (κ1) is 39.8. The van der Waals surface area contributed by atoms with E-state index >= 15 is 0 Å². The maximum absolute atomic E-state index is 13.3. The van der Waals surface area contributed by atoms with E-state index in [1.807, 2.05) is 0 Å². The Kier molecular flexibility index (Phi) is 25.5. The number of carbonyl (C=O) groups is 2. The Morgan fingerprint density at radius 2 is 0.867 bits per heavy atom. The fraction of sp³-hybridized carbons (Fsp3) is 0.939. The fourth-order valence-electron chi connectivity index (χ4n) is 4.86. The van der Waals surface area contributed by atoms with Crippen molar-refractivity contribution in [3.8, 4) is 0 Å². The summed E-state index contributed by atoms with van der Waals surface area (Å²) < 4.78 is 56.0. The highest BCUT2D eigenvalue weighted by Crippen LogP contribution is 2.17. The predicted molar refractivity (Wildman–Crippen MR) is 166 cm³/mol. The van der Waals surface area contributed by atoms with Crippen LogP contribution in [0.2, 0.25) is 0 Å². The zero-order valence-electron chi connectivity index (χ0n) is 27.7. The summed E-state index contributed by atoms with van der Waals surface area (Å²) in [5, 5.41) is 0. The number of esters is 2. The molecule has 0 saturated carbocycles. The van der Waals surface area contributed by atoms with Crippen LogP contribution in [0.1, 0.15) is 77.6 Å². The van der Waals surface area contributed by atoms with Gasteiger partial charge in [-0.05, 0) is 6.42 Å². The van der Waals surface area contributed by atoms with Crippen LogP contribution in [0.15, 0.2) is 0 Å². The number of ether oxygens (including phenoxy) is 10. The molecule has 2 aliphatic rings. The fourth-order valence-corrected chi connectivity index (χ4v) is 4.86. The third-order valence-corrected chi connectivity index (χ3v) is 7.50. The van der Waals surface area contributed by atoms with Crippen molar-refractivity contribution in [2.75, 3.05) is 106 Å². The molecule has 12 nitrogen and oxygen atoms in total. The lowest BCUT2D eigenvalue weighted by atomic mass is 10.00. The number of hydrogen-bond donors (Lipinski definition) is 0. The largest absolute Gasteiger partial charge is 0.462 e. The minimum Gasteiger partial charge on any atom is -0.462 e.